The topological polar surface area (TPSA) is 42.0 Å². The lowest BCUT2D eigenvalue weighted by molar-refractivity contribution is -0.157. The van der Waals surface area contributed by atoms with Crippen LogP contribution in [0.5, 0.6) is 0 Å². The van der Waals surface area contributed by atoms with Gasteiger partial charge in [0.05, 0.1) is 5.69 Å². The molecule has 1 aliphatic rings. The molecule has 1 atom stereocenters. The molecule has 2 rings (SSSR count). The summed E-state index contributed by atoms with van der Waals surface area (Å²) in [6, 6.07) is 4.37. The number of aromatic nitrogens is 1. The van der Waals surface area contributed by atoms with E-state index < -0.39 is 18.5 Å². The van der Waals surface area contributed by atoms with Crippen molar-refractivity contribution in [3.05, 3.63) is 30.1 Å². The number of ketones is 1. The third-order valence-electron chi connectivity index (χ3n) is 3.25. The summed E-state index contributed by atoms with van der Waals surface area (Å²) >= 11 is 0. The third-order valence-corrected chi connectivity index (χ3v) is 3.25. The Morgan fingerprint density at radius 1 is 1.42 bits per heavy atom. The maximum absolute atomic E-state index is 13.0. The molecule has 0 spiro atoms. The van der Waals surface area contributed by atoms with E-state index in [1.54, 1.807) is 6.07 Å². The average Bonchev–Trinajstić information content (AvgIpc) is 2.30. The van der Waals surface area contributed by atoms with E-state index >= 15 is 0 Å². The highest BCUT2D eigenvalue weighted by molar-refractivity contribution is 5.79. The zero-order valence-electron chi connectivity index (χ0n) is 10.3. The number of hydrogen-bond donors (Lipinski definition) is 1. The molecule has 1 aromatic heterocycles. The molecule has 1 aliphatic heterocycles. The zero-order valence-corrected chi connectivity index (χ0v) is 10.3. The minimum absolute atomic E-state index is 0.0879. The van der Waals surface area contributed by atoms with Crippen LogP contribution < -0.4 is 5.32 Å². The Kier molecular flexibility index (Phi) is 4.19. The van der Waals surface area contributed by atoms with Crippen LogP contribution >= 0.6 is 0 Å². The van der Waals surface area contributed by atoms with E-state index in [1.807, 2.05) is 0 Å². The standard InChI is InChI=1S/C13H15F3N2O/c14-13(15,16)11(12-3-1-2-4-18-12)6-10(19)5-9-7-17-8-9/h1-4,9,11,17H,5-8H2. The van der Waals surface area contributed by atoms with Crippen molar-refractivity contribution in [2.45, 2.75) is 24.9 Å². The quantitative estimate of drug-likeness (QED) is 0.894. The predicted octanol–water partition coefficient (Wildman–Crippen LogP) is 2.30. The van der Waals surface area contributed by atoms with Crippen LogP contribution in [0.1, 0.15) is 24.5 Å². The summed E-state index contributed by atoms with van der Waals surface area (Å²) in [6.45, 7) is 1.43. The lowest BCUT2D eigenvalue weighted by atomic mass is 9.90. The van der Waals surface area contributed by atoms with Gasteiger partial charge in [0.2, 0.25) is 0 Å². The molecule has 104 valence electrons. The van der Waals surface area contributed by atoms with Crippen molar-refractivity contribution in [3.8, 4) is 0 Å². The second kappa shape index (κ2) is 5.69. The average molecular weight is 272 g/mol. The monoisotopic (exact) mass is 272 g/mol. The maximum atomic E-state index is 13.0. The number of nitrogens with one attached hydrogen (secondary N) is 1. The van der Waals surface area contributed by atoms with Gasteiger partial charge in [-0.05, 0) is 31.1 Å². The molecule has 1 unspecified atom stereocenters. The SMILES string of the molecule is O=C(CC1CNC1)CC(c1ccccn1)C(F)(F)F. The molecule has 2 heterocycles. The first-order chi connectivity index (χ1) is 8.97. The fraction of sp³-hybridized carbons (Fsp3) is 0.538. The molecule has 0 aromatic carbocycles. The van der Waals surface area contributed by atoms with E-state index in [0.717, 1.165) is 0 Å². The van der Waals surface area contributed by atoms with Gasteiger partial charge in [-0.2, -0.15) is 13.2 Å². The Morgan fingerprint density at radius 3 is 2.63 bits per heavy atom. The van der Waals surface area contributed by atoms with Crippen molar-refractivity contribution >= 4 is 5.78 Å². The van der Waals surface area contributed by atoms with Crippen LogP contribution in [-0.4, -0.2) is 30.0 Å². The van der Waals surface area contributed by atoms with Crippen LogP contribution in [0, 0.1) is 5.92 Å². The minimum atomic E-state index is -4.44. The van der Waals surface area contributed by atoms with E-state index in [9.17, 15) is 18.0 Å². The van der Waals surface area contributed by atoms with Gasteiger partial charge in [-0.1, -0.05) is 6.07 Å². The highest BCUT2D eigenvalue weighted by Gasteiger charge is 2.42. The Morgan fingerprint density at radius 2 is 2.16 bits per heavy atom. The van der Waals surface area contributed by atoms with Gasteiger partial charge in [-0.3, -0.25) is 9.78 Å². The molecular weight excluding hydrogens is 257 g/mol. The number of nitrogens with zero attached hydrogens (tertiary/aromatic N) is 1. The van der Waals surface area contributed by atoms with E-state index in [2.05, 4.69) is 10.3 Å². The van der Waals surface area contributed by atoms with Gasteiger partial charge >= 0.3 is 6.18 Å². The van der Waals surface area contributed by atoms with E-state index in [4.69, 9.17) is 0 Å². The molecule has 0 aliphatic carbocycles. The normalized spacial score (nSPS) is 17.8. The Hall–Kier alpha value is -1.43. The highest BCUT2D eigenvalue weighted by atomic mass is 19.4. The molecule has 1 fully saturated rings. The van der Waals surface area contributed by atoms with Gasteiger partial charge in [0.15, 0.2) is 0 Å². The summed E-state index contributed by atoms with van der Waals surface area (Å²) in [5, 5.41) is 3.00. The van der Waals surface area contributed by atoms with Crippen molar-refractivity contribution in [2.24, 2.45) is 5.92 Å². The van der Waals surface area contributed by atoms with E-state index in [0.29, 0.717) is 13.1 Å². The van der Waals surface area contributed by atoms with Gasteiger partial charge in [0, 0.05) is 19.0 Å². The minimum Gasteiger partial charge on any atom is -0.316 e. The smallest absolute Gasteiger partial charge is 0.316 e. The van der Waals surface area contributed by atoms with Crippen molar-refractivity contribution in [1.29, 1.82) is 0 Å². The highest BCUT2D eigenvalue weighted by Crippen LogP contribution is 2.37. The number of carbonyl (C=O) groups excluding carboxylic acids is 1. The Bertz CT molecular complexity index is 429. The van der Waals surface area contributed by atoms with Crippen molar-refractivity contribution in [2.75, 3.05) is 13.1 Å². The first-order valence-electron chi connectivity index (χ1n) is 6.17. The number of rotatable bonds is 5. The molecule has 0 bridgehead atoms. The first kappa shape index (κ1) is 14.0. The largest absolute Gasteiger partial charge is 0.397 e. The second-order valence-electron chi connectivity index (χ2n) is 4.82. The van der Waals surface area contributed by atoms with E-state index in [1.165, 1.54) is 18.3 Å². The fourth-order valence-corrected chi connectivity index (χ4v) is 2.10. The molecule has 1 aromatic rings. The molecule has 1 N–H and O–H groups in total. The molecule has 3 nitrogen and oxygen atoms in total. The van der Waals surface area contributed by atoms with Crippen molar-refractivity contribution in [3.63, 3.8) is 0 Å². The van der Waals surface area contributed by atoms with Crippen molar-refractivity contribution < 1.29 is 18.0 Å². The number of halogens is 3. The van der Waals surface area contributed by atoms with Gasteiger partial charge < -0.3 is 5.32 Å². The predicted molar refractivity (Wildman–Crippen MR) is 63.6 cm³/mol. The Labute approximate surface area is 109 Å². The lowest BCUT2D eigenvalue weighted by Gasteiger charge is -2.27. The molecule has 0 saturated carbocycles. The summed E-state index contributed by atoms with van der Waals surface area (Å²) in [6.07, 6.45) is -3.43. The maximum Gasteiger partial charge on any atom is 0.397 e. The third kappa shape index (κ3) is 3.76. The summed E-state index contributed by atoms with van der Waals surface area (Å²) in [4.78, 5) is 15.4. The molecular formula is C13H15F3N2O. The van der Waals surface area contributed by atoms with Crippen LogP contribution in [0.4, 0.5) is 13.2 Å². The van der Waals surface area contributed by atoms with Crippen LogP contribution in [0.3, 0.4) is 0 Å². The van der Waals surface area contributed by atoms with Crippen LogP contribution in [0.2, 0.25) is 0 Å². The number of alkyl halides is 3. The van der Waals surface area contributed by atoms with Gasteiger partial charge in [-0.25, -0.2) is 0 Å². The van der Waals surface area contributed by atoms with Crippen molar-refractivity contribution in [1.82, 2.24) is 10.3 Å². The molecule has 0 amide bonds. The van der Waals surface area contributed by atoms with Crippen LogP contribution in [0.25, 0.3) is 0 Å². The summed E-state index contributed by atoms with van der Waals surface area (Å²) in [5.41, 5.74) is -0.0879. The molecule has 0 radical (unpaired) electrons. The Balaban J connectivity index is 2.04. The van der Waals surface area contributed by atoms with Gasteiger partial charge in [0.25, 0.3) is 0 Å². The second-order valence-corrected chi connectivity index (χ2v) is 4.82. The number of pyridine rings is 1. The summed E-state index contributed by atoms with van der Waals surface area (Å²) in [7, 11) is 0. The van der Waals surface area contributed by atoms with Gasteiger partial charge in [-0.15, -0.1) is 0 Å². The summed E-state index contributed by atoms with van der Waals surface area (Å²) in [5.74, 6) is -1.96. The summed E-state index contributed by atoms with van der Waals surface area (Å²) < 4.78 is 39.0. The number of hydrogen-bond acceptors (Lipinski definition) is 3. The van der Waals surface area contributed by atoms with E-state index in [-0.39, 0.29) is 23.8 Å². The lowest BCUT2D eigenvalue weighted by Crippen LogP contribution is -2.43. The molecule has 6 heteroatoms. The first-order valence-corrected chi connectivity index (χ1v) is 6.17. The molecule has 1 saturated heterocycles. The van der Waals surface area contributed by atoms with Crippen LogP contribution in [-0.2, 0) is 4.79 Å². The zero-order chi connectivity index (χ0) is 13.9. The fourth-order valence-electron chi connectivity index (χ4n) is 2.10. The number of Topliss-reactive ketones (excluding diaryl/α,β-unsaturated/α-hetero) is 1. The number of carbonyl (C=O) groups is 1. The molecule has 19 heavy (non-hydrogen) atoms. The van der Waals surface area contributed by atoms with Gasteiger partial charge in [0.1, 0.15) is 11.7 Å². The van der Waals surface area contributed by atoms with Crippen LogP contribution in [0.15, 0.2) is 24.4 Å².